The Kier molecular flexibility index (Phi) is 2.79. The van der Waals surface area contributed by atoms with Crippen LogP contribution in [0.1, 0.15) is 0 Å². The van der Waals surface area contributed by atoms with Crippen LogP contribution in [0, 0.1) is 0 Å². The molecule has 0 saturated carbocycles. The summed E-state index contributed by atoms with van der Waals surface area (Å²) in [5, 5.41) is 0. The van der Waals surface area contributed by atoms with Crippen LogP contribution >= 0.6 is 0 Å². The minimum atomic E-state index is 0.683. The summed E-state index contributed by atoms with van der Waals surface area (Å²) >= 11 is 0. The number of H-pyrrole nitrogens is 1. The van der Waals surface area contributed by atoms with Crippen molar-refractivity contribution >= 4 is 11.0 Å². The summed E-state index contributed by atoms with van der Waals surface area (Å²) in [6.07, 6.45) is 5.18. The van der Waals surface area contributed by atoms with Crippen LogP contribution in [-0.4, -0.2) is 29.2 Å². The number of pyridine rings is 1. The average molecular weight is 255 g/mol. The number of benzene rings is 1. The lowest BCUT2D eigenvalue weighted by atomic mass is 10.0. The van der Waals surface area contributed by atoms with Crippen LogP contribution in [0.2, 0.25) is 0 Å². The zero-order chi connectivity index (χ0) is 13.2. The zero-order valence-electron chi connectivity index (χ0n) is 10.7. The quantitative estimate of drug-likeness (QED) is 0.781. The number of aromatic nitrogens is 3. The molecule has 19 heavy (non-hydrogen) atoms. The van der Waals surface area contributed by atoms with Crippen molar-refractivity contribution in [2.45, 2.75) is 0 Å². The molecule has 3 rings (SSSR count). The number of hydrogen-bond donors (Lipinski definition) is 1. The molecule has 0 spiro atoms. The Hall–Kier alpha value is -2.56. The third-order valence-corrected chi connectivity index (χ3v) is 3.02. The second-order valence-corrected chi connectivity index (χ2v) is 4.03. The Morgan fingerprint density at radius 1 is 1.05 bits per heavy atom. The summed E-state index contributed by atoms with van der Waals surface area (Å²) in [7, 11) is 3.24. The van der Waals surface area contributed by atoms with Gasteiger partial charge in [-0.05, 0) is 6.07 Å². The van der Waals surface area contributed by atoms with Crippen LogP contribution in [-0.2, 0) is 0 Å². The van der Waals surface area contributed by atoms with Gasteiger partial charge in [-0.3, -0.25) is 4.98 Å². The van der Waals surface area contributed by atoms with E-state index < -0.39 is 0 Å². The third-order valence-electron chi connectivity index (χ3n) is 3.02. The van der Waals surface area contributed by atoms with E-state index in [1.807, 2.05) is 18.2 Å². The second-order valence-electron chi connectivity index (χ2n) is 4.03. The molecular weight excluding hydrogens is 242 g/mol. The Balaban J connectivity index is 2.30. The molecule has 3 aromatic rings. The highest BCUT2D eigenvalue weighted by Gasteiger charge is 2.14. The van der Waals surface area contributed by atoms with E-state index >= 15 is 0 Å². The van der Waals surface area contributed by atoms with Gasteiger partial charge in [0.1, 0.15) is 0 Å². The molecular formula is C14H13N3O2. The molecule has 0 fully saturated rings. The van der Waals surface area contributed by atoms with E-state index in [2.05, 4.69) is 15.0 Å². The molecule has 0 bridgehead atoms. The molecule has 5 nitrogen and oxygen atoms in total. The summed E-state index contributed by atoms with van der Waals surface area (Å²) < 4.78 is 10.8. The first-order valence-electron chi connectivity index (χ1n) is 5.83. The summed E-state index contributed by atoms with van der Waals surface area (Å²) in [5.41, 5.74) is 3.57. The van der Waals surface area contributed by atoms with Crippen LogP contribution in [0.3, 0.4) is 0 Å². The minimum absolute atomic E-state index is 0.683. The fraction of sp³-hybridized carbons (Fsp3) is 0.143. The highest BCUT2D eigenvalue weighted by Crippen LogP contribution is 2.39. The SMILES string of the molecule is COc1cccc(-c2cncc3[nH]cnc23)c1OC. The fourth-order valence-corrected chi connectivity index (χ4v) is 2.16. The number of para-hydroxylation sites is 1. The minimum Gasteiger partial charge on any atom is -0.493 e. The molecule has 0 radical (unpaired) electrons. The van der Waals surface area contributed by atoms with Crippen molar-refractivity contribution in [2.24, 2.45) is 0 Å². The predicted octanol–water partition coefficient (Wildman–Crippen LogP) is 2.64. The van der Waals surface area contributed by atoms with Crippen molar-refractivity contribution in [2.75, 3.05) is 14.2 Å². The van der Waals surface area contributed by atoms with Gasteiger partial charge in [-0.25, -0.2) is 4.98 Å². The molecule has 0 atom stereocenters. The molecule has 1 N–H and O–H groups in total. The molecule has 0 saturated heterocycles. The van der Waals surface area contributed by atoms with E-state index in [4.69, 9.17) is 9.47 Å². The Bertz CT molecular complexity index is 722. The number of hydrogen-bond acceptors (Lipinski definition) is 4. The van der Waals surface area contributed by atoms with Crippen molar-refractivity contribution in [1.82, 2.24) is 15.0 Å². The summed E-state index contributed by atoms with van der Waals surface area (Å²) in [4.78, 5) is 11.6. The van der Waals surface area contributed by atoms with Crippen LogP contribution in [0.5, 0.6) is 11.5 Å². The number of methoxy groups -OCH3 is 2. The van der Waals surface area contributed by atoms with Gasteiger partial charge < -0.3 is 14.5 Å². The first-order valence-corrected chi connectivity index (χ1v) is 5.83. The van der Waals surface area contributed by atoms with Crippen LogP contribution in [0.25, 0.3) is 22.2 Å². The maximum absolute atomic E-state index is 5.46. The van der Waals surface area contributed by atoms with Gasteiger partial charge in [-0.1, -0.05) is 12.1 Å². The number of rotatable bonds is 3. The van der Waals surface area contributed by atoms with E-state index in [9.17, 15) is 0 Å². The highest BCUT2D eigenvalue weighted by atomic mass is 16.5. The number of aromatic amines is 1. The monoisotopic (exact) mass is 255 g/mol. The van der Waals surface area contributed by atoms with Gasteiger partial charge in [0.05, 0.1) is 37.8 Å². The standard InChI is InChI=1S/C14H13N3O2/c1-18-12-5-3-4-9(14(12)19-2)10-6-15-7-11-13(10)17-8-16-11/h3-8H,1-2H3,(H,16,17). The molecule has 0 aliphatic rings. The van der Waals surface area contributed by atoms with E-state index in [1.54, 1.807) is 32.9 Å². The Morgan fingerprint density at radius 2 is 1.95 bits per heavy atom. The maximum atomic E-state index is 5.46. The van der Waals surface area contributed by atoms with E-state index in [0.717, 1.165) is 22.2 Å². The Labute approximate surface area is 110 Å². The first kappa shape index (κ1) is 11.5. The highest BCUT2D eigenvalue weighted by molar-refractivity contribution is 5.93. The average Bonchev–Trinajstić information content (AvgIpc) is 2.94. The number of fused-ring (bicyclic) bond motifs is 1. The molecule has 1 aromatic carbocycles. The van der Waals surface area contributed by atoms with Crippen molar-refractivity contribution in [1.29, 1.82) is 0 Å². The molecule has 5 heteroatoms. The van der Waals surface area contributed by atoms with Crippen molar-refractivity contribution in [3.05, 3.63) is 36.9 Å². The van der Waals surface area contributed by atoms with Gasteiger partial charge in [0, 0.05) is 17.3 Å². The summed E-state index contributed by atoms with van der Waals surface area (Å²) in [6, 6.07) is 5.75. The Morgan fingerprint density at radius 3 is 2.74 bits per heavy atom. The number of nitrogens with one attached hydrogen (secondary N) is 1. The third kappa shape index (κ3) is 1.79. The molecule has 96 valence electrons. The van der Waals surface area contributed by atoms with Gasteiger partial charge in [-0.2, -0.15) is 0 Å². The van der Waals surface area contributed by atoms with Crippen molar-refractivity contribution in [3.63, 3.8) is 0 Å². The number of nitrogens with zero attached hydrogens (tertiary/aromatic N) is 2. The van der Waals surface area contributed by atoms with Gasteiger partial charge in [0.2, 0.25) is 0 Å². The summed E-state index contributed by atoms with van der Waals surface area (Å²) in [6.45, 7) is 0. The number of ether oxygens (including phenoxy) is 2. The van der Waals surface area contributed by atoms with E-state index in [1.165, 1.54) is 0 Å². The normalized spacial score (nSPS) is 10.6. The smallest absolute Gasteiger partial charge is 0.168 e. The molecule has 0 aliphatic heterocycles. The van der Waals surface area contributed by atoms with E-state index in [-0.39, 0.29) is 0 Å². The number of imidazole rings is 1. The molecule has 0 amide bonds. The second kappa shape index (κ2) is 4.61. The molecule has 2 heterocycles. The van der Waals surface area contributed by atoms with Gasteiger partial charge >= 0.3 is 0 Å². The van der Waals surface area contributed by atoms with E-state index in [0.29, 0.717) is 11.5 Å². The maximum Gasteiger partial charge on any atom is 0.168 e. The summed E-state index contributed by atoms with van der Waals surface area (Å²) in [5.74, 6) is 1.37. The lowest BCUT2D eigenvalue weighted by Crippen LogP contribution is -1.94. The molecule has 0 aliphatic carbocycles. The predicted molar refractivity (Wildman–Crippen MR) is 72.4 cm³/mol. The lowest BCUT2D eigenvalue weighted by Gasteiger charge is -2.12. The fourth-order valence-electron chi connectivity index (χ4n) is 2.16. The van der Waals surface area contributed by atoms with Gasteiger partial charge in [0.15, 0.2) is 11.5 Å². The molecule has 0 unspecified atom stereocenters. The van der Waals surface area contributed by atoms with Gasteiger partial charge in [0.25, 0.3) is 0 Å². The van der Waals surface area contributed by atoms with Crippen molar-refractivity contribution < 1.29 is 9.47 Å². The largest absolute Gasteiger partial charge is 0.493 e. The van der Waals surface area contributed by atoms with Crippen molar-refractivity contribution in [3.8, 4) is 22.6 Å². The lowest BCUT2D eigenvalue weighted by molar-refractivity contribution is 0.356. The van der Waals surface area contributed by atoms with Gasteiger partial charge in [-0.15, -0.1) is 0 Å². The van der Waals surface area contributed by atoms with Crippen LogP contribution in [0.4, 0.5) is 0 Å². The first-order chi connectivity index (χ1) is 9.35. The topological polar surface area (TPSA) is 60.0 Å². The van der Waals surface area contributed by atoms with Crippen LogP contribution < -0.4 is 9.47 Å². The zero-order valence-corrected chi connectivity index (χ0v) is 10.7. The molecule has 2 aromatic heterocycles. The van der Waals surface area contributed by atoms with Crippen LogP contribution in [0.15, 0.2) is 36.9 Å².